The van der Waals surface area contributed by atoms with Crippen molar-refractivity contribution in [2.75, 3.05) is 12.5 Å². The van der Waals surface area contributed by atoms with Crippen molar-refractivity contribution >= 4 is 34.8 Å². The summed E-state index contributed by atoms with van der Waals surface area (Å²) in [5.74, 6) is 0.740. The van der Waals surface area contributed by atoms with Gasteiger partial charge in [0.2, 0.25) is 5.95 Å². The van der Waals surface area contributed by atoms with Crippen LogP contribution in [0.15, 0.2) is 35.4 Å². The second-order valence-electron chi connectivity index (χ2n) is 5.03. The molecule has 0 saturated carbocycles. The minimum atomic E-state index is -0.0908. The average Bonchev–Trinajstić information content (AvgIpc) is 2.92. The first-order valence-corrected chi connectivity index (χ1v) is 7.26. The number of halogens is 1. The molecule has 3 N–H and O–H groups in total. The standard InChI is InChI=1S/C16H15ClN4O2/c1-9-3-4-12-13(5-9)20-16(19-12)21-18-8-10-6-11(17)15(22)14(7-10)23-2/h3-8,22H,1-2H3,(H2,19,20,21)/b18-8-. The third kappa shape index (κ3) is 3.22. The van der Waals surface area contributed by atoms with Crippen LogP contribution in [0.2, 0.25) is 5.02 Å². The molecule has 3 rings (SSSR count). The van der Waals surface area contributed by atoms with Crippen LogP contribution in [0.4, 0.5) is 5.95 Å². The quantitative estimate of drug-likeness (QED) is 0.503. The maximum atomic E-state index is 9.70. The van der Waals surface area contributed by atoms with Gasteiger partial charge in [-0.2, -0.15) is 5.10 Å². The predicted molar refractivity (Wildman–Crippen MR) is 91.7 cm³/mol. The van der Waals surface area contributed by atoms with Gasteiger partial charge in [-0.3, -0.25) is 0 Å². The lowest BCUT2D eigenvalue weighted by atomic mass is 10.2. The number of methoxy groups -OCH3 is 1. The Labute approximate surface area is 137 Å². The van der Waals surface area contributed by atoms with Gasteiger partial charge in [0.05, 0.1) is 29.4 Å². The van der Waals surface area contributed by atoms with E-state index in [-0.39, 0.29) is 16.5 Å². The van der Waals surface area contributed by atoms with Crippen LogP contribution in [-0.2, 0) is 0 Å². The van der Waals surface area contributed by atoms with E-state index in [9.17, 15) is 5.11 Å². The Kier molecular flexibility index (Phi) is 4.08. The zero-order valence-electron chi connectivity index (χ0n) is 12.6. The fourth-order valence-corrected chi connectivity index (χ4v) is 2.39. The number of anilines is 1. The van der Waals surface area contributed by atoms with Crippen LogP contribution >= 0.6 is 11.6 Å². The molecule has 2 aromatic carbocycles. The first-order valence-electron chi connectivity index (χ1n) is 6.89. The topological polar surface area (TPSA) is 82.5 Å². The van der Waals surface area contributed by atoms with E-state index in [0.29, 0.717) is 11.5 Å². The molecule has 0 aliphatic rings. The smallest absolute Gasteiger partial charge is 0.222 e. The number of fused-ring (bicyclic) bond motifs is 1. The Bertz CT molecular complexity index is 889. The van der Waals surface area contributed by atoms with Crippen LogP contribution < -0.4 is 10.2 Å². The lowest BCUT2D eigenvalue weighted by molar-refractivity contribution is 0.373. The predicted octanol–water partition coefficient (Wildman–Crippen LogP) is 3.68. The number of hydrogen-bond acceptors (Lipinski definition) is 5. The van der Waals surface area contributed by atoms with Gasteiger partial charge in [0, 0.05) is 0 Å². The van der Waals surface area contributed by atoms with E-state index in [2.05, 4.69) is 20.5 Å². The fourth-order valence-electron chi connectivity index (χ4n) is 2.17. The van der Waals surface area contributed by atoms with E-state index in [1.807, 2.05) is 25.1 Å². The number of phenols is 1. The number of hydrogen-bond donors (Lipinski definition) is 3. The minimum absolute atomic E-state index is 0.0908. The van der Waals surface area contributed by atoms with Crippen LogP contribution in [0.5, 0.6) is 11.5 Å². The Morgan fingerprint density at radius 2 is 2.17 bits per heavy atom. The third-order valence-corrected chi connectivity index (χ3v) is 3.58. The Balaban J connectivity index is 1.79. The number of hydrazone groups is 1. The molecule has 1 aromatic heterocycles. The molecule has 1 heterocycles. The summed E-state index contributed by atoms with van der Waals surface area (Å²) in [6.45, 7) is 2.02. The highest BCUT2D eigenvalue weighted by Gasteiger charge is 2.08. The van der Waals surface area contributed by atoms with Gasteiger partial charge in [-0.15, -0.1) is 0 Å². The molecule has 118 valence electrons. The number of nitrogens with one attached hydrogen (secondary N) is 2. The molecule has 6 nitrogen and oxygen atoms in total. The van der Waals surface area contributed by atoms with Gasteiger partial charge in [-0.25, -0.2) is 10.4 Å². The summed E-state index contributed by atoms with van der Waals surface area (Å²) in [4.78, 5) is 7.52. The number of ether oxygens (including phenoxy) is 1. The molecule has 0 bridgehead atoms. The van der Waals surface area contributed by atoms with E-state index in [1.54, 1.807) is 18.3 Å². The summed E-state index contributed by atoms with van der Waals surface area (Å²) in [6.07, 6.45) is 1.56. The van der Waals surface area contributed by atoms with Gasteiger partial charge in [0.1, 0.15) is 0 Å². The largest absolute Gasteiger partial charge is 0.503 e. The number of rotatable bonds is 4. The van der Waals surface area contributed by atoms with E-state index in [4.69, 9.17) is 16.3 Å². The van der Waals surface area contributed by atoms with Gasteiger partial charge in [0.25, 0.3) is 0 Å². The second kappa shape index (κ2) is 6.18. The number of aryl methyl sites for hydroxylation is 1. The number of nitrogens with zero attached hydrogens (tertiary/aromatic N) is 2. The van der Waals surface area contributed by atoms with Gasteiger partial charge in [-0.05, 0) is 42.3 Å². The summed E-state index contributed by atoms with van der Waals surface area (Å²) in [7, 11) is 1.46. The molecule has 23 heavy (non-hydrogen) atoms. The number of aromatic hydroxyl groups is 1. The summed E-state index contributed by atoms with van der Waals surface area (Å²) >= 11 is 5.93. The van der Waals surface area contributed by atoms with Gasteiger partial charge in [-0.1, -0.05) is 17.7 Å². The maximum Gasteiger partial charge on any atom is 0.222 e. The molecule has 0 saturated heterocycles. The van der Waals surface area contributed by atoms with E-state index in [0.717, 1.165) is 16.6 Å². The minimum Gasteiger partial charge on any atom is -0.503 e. The number of H-pyrrole nitrogens is 1. The van der Waals surface area contributed by atoms with Crippen molar-refractivity contribution in [3.05, 3.63) is 46.5 Å². The number of benzene rings is 2. The molecule has 0 unspecified atom stereocenters. The highest BCUT2D eigenvalue weighted by molar-refractivity contribution is 6.32. The van der Waals surface area contributed by atoms with Crippen molar-refractivity contribution in [1.29, 1.82) is 0 Å². The molecule has 0 aliphatic heterocycles. The van der Waals surface area contributed by atoms with Crippen molar-refractivity contribution < 1.29 is 9.84 Å². The van der Waals surface area contributed by atoms with Crippen LogP contribution in [-0.4, -0.2) is 28.4 Å². The Morgan fingerprint density at radius 1 is 1.35 bits per heavy atom. The normalized spacial score (nSPS) is 11.3. The van der Waals surface area contributed by atoms with Crippen LogP contribution in [0.25, 0.3) is 11.0 Å². The molecule has 0 spiro atoms. The van der Waals surface area contributed by atoms with Gasteiger partial charge in [0.15, 0.2) is 11.5 Å². The zero-order valence-corrected chi connectivity index (χ0v) is 13.3. The average molecular weight is 331 g/mol. The SMILES string of the molecule is COc1cc(/C=N\Nc2nc3ccc(C)cc3[nH]2)cc(Cl)c1O. The molecular weight excluding hydrogens is 316 g/mol. The highest BCUT2D eigenvalue weighted by atomic mass is 35.5. The zero-order chi connectivity index (χ0) is 16.4. The lowest BCUT2D eigenvalue weighted by Crippen LogP contribution is -1.93. The summed E-state index contributed by atoms with van der Waals surface area (Å²) in [6, 6.07) is 9.18. The first kappa shape index (κ1) is 15.2. The van der Waals surface area contributed by atoms with Crippen molar-refractivity contribution in [2.45, 2.75) is 6.92 Å². The highest BCUT2D eigenvalue weighted by Crippen LogP contribution is 2.34. The van der Waals surface area contributed by atoms with E-state index < -0.39 is 0 Å². The molecule has 7 heteroatoms. The Morgan fingerprint density at radius 3 is 2.96 bits per heavy atom. The molecule has 0 amide bonds. The van der Waals surface area contributed by atoms with Crippen molar-refractivity contribution in [1.82, 2.24) is 9.97 Å². The molecule has 0 radical (unpaired) electrons. The molecule has 0 aliphatic carbocycles. The summed E-state index contributed by atoms with van der Waals surface area (Å²) in [5.41, 5.74) is 6.47. The number of aromatic amines is 1. The van der Waals surface area contributed by atoms with Crippen LogP contribution in [0, 0.1) is 6.92 Å². The van der Waals surface area contributed by atoms with Crippen LogP contribution in [0.3, 0.4) is 0 Å². The van der Waals surface area contributed by atoms with Crippen LogP contribution in [0.1, 0.15) is 11.1 Å². The maximum absolute atomic E-state index is 9.70. The van der Waals surface area contributed by atoms with Crippen molar-refractivity contribution in [3.63, 3.8) is 0 Å². The fraction of sp³-hybridized carbons (Fsp3) is 0.125. The first-order chi connectivity index (χ1) is 11.1. The van der Waals surface area contributed by atoms with E-state index in [1.165, 1.54) is 7.11 Å². The number of phenolic OH excluding ortho intramolecular Hbond substituents is 1. The van der Waals surface area contributed by atoms with Gasteiger partial charge >= 0.3 is 0 Å². The molecule has 3 aromatic rings. The van der Waals surface area contributed by atoms with Crippen molar-refractivity contribution in [2.24, 2.45) is 5.10 Å². The third-order valence-electron chi connectivity index (χ3n) is 3.29. The monoisotopic (exact) mass is 330 g/mol. The molecule has 0 atom stereocenters. The van der Waals surface area contributed by atoms with Gasteiger partial charge < -0.3 is 14.8 Å². The number of aromatic nitrogens is 2. The second-order valence-corrected chi connectivity index (χ2v) is 5.44. The Hall–Kier alpha value is -2.73. The summed E-state index contributed by atoms with van der Waals surface area (Å²) in [5, 5.41) is 14.0. The van der Waals surface area contributed by atoms with Crippen molar-refractivity contribution in [3.8, 4) is 11.5 Å². The molecular formula is C16H15ClN4O2. The lowest BCUT2D eigenvalue weighted by Gasteiger charge is -2.05. The number of imidazole rings is 1. The summed E-state index contributed by atoms with van der Waals surface area (Å²) < 4.78 is 5.05. The van der Waals surface area contributed by atoms with E-state index >= 15 is 0 Å². The molecule has 0 fully saturated rings.